The first-order valence-electron chi connectivity index (χ1n) is 5.83. The van der Waals surface area contributed by atoms with Crippen LogP contribution in [0, 0.1) is 13.1 Å². The third kappa shape index (κ3) is 2.18. The van der Waals surface area contributed by atoms with Crippen LogP contribution in [0.4, 0.5) is 0 Å². The first-order valence-corrected chi connectivity index (χ1v) is 5.83. The van der Waals surface area contributed by atoms with Gasteiger partial charge in [0.2, 0.25) is 0 Å². The van der Waals surface area contributed by atoms with Crippen molar-refractivity contribution in [3.05, 3.63) is 66.4 Å². The molecule has 0 aliphatic heterocycles. The first kappa shape index (κ1) is 10.8. The Morgan fingerprint density at radius 3 is 2.61 bits per heavy atom. The van der Waals surface area contributed by atoms with Crippen LogP contribution in [-0.2, 0) is 0 Å². The highest BCUT2D eigenvalue weighted by Gasteiger charge is 2.00. The van der Waals surface area contributed by atoms with Crippen molar-refractivity contribution < 1.29 is 4.74 Å². The lowest BCUT2D eigenvalue weighted by Crippen LogP contribution is -1.87. The molecular formula is C16H12NO. The molecule has 0 aliphatic carbocycles. The average molecular weight is 234 g/mol. The van der Waals surface area contributed by atoms with E-state index in [1.54, 1.807) is 0 Å². The maximum Gasteiger partial charge on any atom is 0.156 e. The van der Waals surface area contributed by atoms with Crippen molar-refractivity contribution in [2.45, 2.75) is 6.92 Å². The van der Waals surface area contributed by atoms with Gasteiger partial charge in [-0.3, -0.25) is 0 Å². The Labute approximate surface area is 106 Å². The molecule has 0 bridgehead atoms. The molecule has 2 nitrogen and oxygen atoms in total. The summed E-state index contributed by atoms with van der Waals surface area (Å²) in [6.07, 6.45) is 2.90. The number of nitrogens with zero attached hydrogens (tertiary/aromatic N) is 1. The topological polar surface area (TPSA) is 22.1 Å². The maximum absolute atomic E-state index is 5.72. The second-order valence-electron chi connectivity index (χ2n) is 4.21. The molecule has 0 amide bonds. The lowest BCUT2D eigenvalue weighted by atomic mass is 10.2. The summed E-state index contributed by atoms with van der Waals surface area (Å²) in [6.45, 7) is 2.05. The fourth-order valence-electron chi connectivity index (χ4n) is 1.79. The number of rotatable bonds is 2. The zero-order valence-electron chi connectivity index (χ0n) is 10.1. The number of fused-ring (bicyclic) bond motifs is 1. The molecule has 18 heavy (non-hydrogen) atoms. The summed E-state index contributed by atoms with van der Waals surface area (Å²) < 4.78 is 5.72. The van der Waals surface area contributed by atoms with Crippen LogP contribution >= 0.6 is 0 Å². The van der Waals surface area contributed by atoms with Crippen molar-refractivity contribution in [1.82, 2.24) is 4.98 Å². The summed E-state index contributed by atoms with van der Waals surface area (Å²) in [5.74, 6) is 1.44. The van der Waals surface area contributed by atoms with Crippen molar-refractivity contribution in [3.63, 3.8) is 0 Å². The van der Waals surface area contributed by atoms with Gasteiger partial charge >= 0.3 is 0 Å². The van der Waals surface area contributed by atoms with Crippen LogP contribution in [0.25, 0.3) is 10.9 Å². The second-order valence-corrected chi connectivity index (χ2v) is 4.21. The van der Waals surface area contributed by atoms with Crippen LogP contribution in [0.2, 0.25) is 0 Å². The van der Waals surface area contributed by atoms with Gasteiger partial charge in [-0.1, -0.05) is 35.9 Å². The molecule has 0 saturated carbocycles. The smallest absolute Gasteiger partial charge is 0.156 e. The third-order valence-electron chi connectivity index (χ3n) is 2.76. The molecule has 3 aromatic rings. The van der Waals surface area contributed by atoms with Crippen molar-refractivity contribution in [2.75, 3.05) is 0 Å². The molecule has 0 atom stereocenters. The summed E-state index contributed by atoms with van der Waals surface area (Å²) in [7, 11) is 0. The molecule has 0 N–H and O–H groups in total. The second kappa shape index (κ2) is 4.49. The highest BCUT2D eigenvalue weighted by Crippen LogP contribution is 2.23. The molecule has 0 unspecified atom stereocenters. The van der Waals surface area contributed by atoms with Gasteiger partial charge in [0.1, 0.15) is 11.9 Å². The van der Waals surface area contributed by atoms with Crippen LogP contribution in [0.1, 0.15) is 5.56 Å². The number of ether oxygens (including phenoxy) is 1. The van der Waals surface area contributed by atoms with Crippen molar-refractivity contribution in [1.29, 1.82) is 0 Å². The quantitative estimate of drug-likeness (QED) is 0.665. The zero-order valence-corrected chi connectivity index (χ0v) is 10.1. The van der Waals surface area contributed by atoms with Crippen LogP contribution < -0.4 is 4.74 Å². The van der Waals surface area contributed by atoms with E-state index in [1.807, 2.05) is 61.5 Å². The molecule has 87 valence electrons. The minimum atomic E-state index is 0.637. The molecule has 0 aliphatic rings. The number of benzene rings is 2. The fourth-order valence-corrected chi connectivity index (χ4v) is 1.79. The SMILES string of the molecule is Cc1ccc(Oc2[c]nc3ccccc3c2)cc1. The molecule has 3 rings (SSSR count). The Morgan fingerprint density at radius 2 is 1.78 bits per heavy atom. The van der Waals surface area contributed by atoms with Crippen LogP contribution in [0.5, 0.6) is 11.5 Å². The minimum Gasteiger partial charge on any atom is -0.455 e. The molecule has 0 spiro atoms. The summed E-state index contributed by atoms with van der Waals surface area (Å²) in [5, 5.41) is 1.05. The van der Waals surface area contributed by atoms with E-state index in [0.717, 1.165) is 16.7 Å². The third-order valence-corrected chi connectivity index (χ3v) is 2.76. The van der Waals surface area contributed by atoms with Gasteiger partial charge in [0.05, 0.1) is 5.52 Å². The average Bonchev–Trinajstić information content (AvgIpc) is 2.41. The van der Waals surface area contributed by atoms with Gasteiger partial charge in [-0.15, -0.1) is 0 Å². The Hall–Kier alpha value is -2.35. The standard InChI is InChI=1S/C16H12NO/c1-12-6-8-14(9-7-12)18-15-10-13-4-2-3-5-16(13)17-11-15/h2-10H,1H3. The summed E-state index contributed by atoms with van der Waals surface area (Å²) in [6, 6.07) is 17.8. The zero-order chi connectivity index (χ0) is 12.4. The van der Waals surface area contributed by atoms with E-state index in [9.17, 15) is 0 Å². The van der Waals surface area contributed by atoms with Crippen molar-refractivity contribution in [3.8, 4) is 11.5 Å². The predicted octanol–water partition coefficient (Wildman–Crippen LogP) is 4.14. The van der Waals surface area contributed by atoms with E-state index in [0.29, 0.717) is 5.75 Å². The molecule has 1 radical (unpaired) electrons. The predicted molar refractivity (Wildman–Crippen MR) is 71.8 cm³/mol. The van der Waals surface area contributed by atoms with E-state index >= 15 is 0 Å². The van der Waals surface area contributed by atoms with Gasteiger partial charge < -0.3 is 4.74 Å². The fraction of sp³-hybridized carbons (Fsp3) is 0.0625. The van der Waals surface area contributed by atoms with E-state index < -0.39 is 0 Å². The molecule has 1 heterocycles. The number of hydrogen-bond donors (Lipinski definition) is 0. The monoisotopic (exact) mass is 234 g/mol. The molecule has 0 fully saturated rings. The van der Waals surface area contributed by atoms with Gasteiger partial charge in [0, 0.05) is 5.39 Å². The number of aryl methyl sites for hydroxylation is 1. The first-order chi connectivity index (χ1) is 8.81. The Kier molecular flexibility index (Phi) is 2.69. The molecule has 2 heteroatoms. The van der Waals surface area contributed by atoms with Gasteiger partial charge in [-0.25, -0.2) is 4.98 Å². The molecule has 1 aromatic heterocycles. The summed E-state index contributed by atoms with van der Waals surface area (Å²) in [4.78, 5) is 4.24. The van der Waals surface area contributed by atoms with Gasteiger partial charge in [-0.05, 0) is 31.2 Å². The van der Waals surface area contributed by atoms with Crippen molar-refractivity contribution in [2.24, 2.45) is 0 Å². The minimum absolute atomic E-state index is 0.637. The molecule has 0 saturated heterocycles. The molecule has 2 aromatic carbocycles. The largest absolute Gasteiger partial charge is 0.455 e. The van der Waals surface area contributed by atoms with Crippen molar-refractivity contribution >= 4 is 10.9 Å². The van der Waals surface area contributed by atoms with E-state index in [4.69, 9.17) is 4.74 Å². The number of aromatic nitrogens is 1. The number of para-hydroxylation sites is 1. The van der Waals surface area contributed by atoms with E-state index in [2.05, 4.69) is 11.2 Å². The lowest BCUT2D eigenvalue weighted by Gasteiger charge is -2.06. The van der Waals surface area contributed by atoms with Crippen LogP contribution in [0.3, 0.4) is 0 Å². The Bertz CT molecular complexity index is 674. The Balaban J connectivity index is 1.92. The van der Waals surface area contributed by atoms with Gasteiger partial charge in [0.25, 0.3) is 0 Å². The highest BCUT2D eigenvalue weighted by molar-refractivity contribution is 5.79. The Morgan fingerprint density at radius 1 is 1.00 bits per heavy atom. The van der Waals surface area contributed by atoms with E-state index in [-0.39, 0.29) is 0 Å². The molecular weight excluding hydrogens is 222 g/mol. The van der Waals surface area contributed by atoms with Gasteiger partial charge in [-0.2, -0.15) is 0 Å². The highest BCUT2D eigenvalue weighted by atomic mass is 16.5. The maximum atomic E-state index is 5.72. The van der Waals surface area contributed by atoms with Gasteiger partial charge in [0.15, 0.2) is 5.75 Å². The van der Waals surface area contributed by atoms with Crippen LogP contribution in [0.15, 0.2) is 54.6 Å². The number of pyridine rings is 1. The summed E-state index contributed by atoms with van der Waals surface area (Å²) in [5.41, 5.74) is 2.14. The lowest BCUT2D eigenvalue weighted by molar-refractivity contribution is 0.480. The van der Waals surface area contributed by atoms with Crippen LogP contribution in [-0.4, -0.2) is 4.98 Å². The van der Waals surface area contributed by atoms with E-state index in [1.165, 1.54) is 5.56 Å². The summed E-state index contributed by atoms with van der Waals surface area (Å²) >= 11 is 0. The number of hydrogen-bond acceptors (Lipinski definition) is 2. The normalized spacial score (nSPS) is 10.5.